The van der Waals surface area contributed by atoms with Gasteiger partial charge in [-0.1, -0.05) is 0 Å². The van der Waals surface area contributed by atoms with Gasteiger partial charge in [-0.05, 0) is 6.92 Å². The molecule has 0 spiro atoms. The first-order chi connectivity index (χ1) is 8.58. The Hall–Kier alpha value is -1.56. The minimum Gasteiger partial charge on any atom is -0.358 e. The summed E-state index contributed by atoms with van der Waals surface area (Å²) in [6.45, 7) is 2.14. The fraction of sp³-hybridized carbons (Fsp3) is 0.545. The van der Waals surface area contributed by atoms with Crippen molar-refractivity contribution in [2.24, 2.45) is 7.05 Å². The Kier molecular flexibility index (Phi) is 3.56. The molecule has 2 aromatic heterocycles. The summed E-state index contributed by atoms with van der Waals surface area (Å²) in [6, 6.07) is 0. The summed E-state index contributed by atoms with van der Waals surface area (Å²) in [5.74, 6) is 1.23. The third-order valence-corrected chi connectivity index (χ3v) is 3.06. The number of aryl methyl sites for hydroxylation is 3. The molecule has 0 atom stereocenters. The van der Waals surface area contributed by atoms with Gasteiger partial charge in [0.25, 0.3) is 0 Å². The van der Waals surface area contributed by atoms with Crippen LogP contribution in [0.25, 0.3) is 11.2 Å². The molecule has 1 N–H and O–H groups in total. The number of carbonyl (C=O) groups excluding carboxylic acids is 1. The van der Waals surface area contributed by atoms with Crippen LogP contribution in [0.5, 0.6) is 0 Å². The van der Waals surface area contributed by atoms with Gasteiger partial charge in [0.2, 0.25) is 5.91 Å². The third-order valence-electron chi connectivity index (χ3n) is 2.87. The number of hydrogen-bond donors (Lipinski definition) is 1. The van der Waals surface area contributed by atoms with E-state index in [1.807, 2.05) is 18.5 Å². The maximum Gasteiger partial charge on any atom is 0.239 e. The van der Waals surface area contributed by atoms with Crippen LogP contribution in [-0.2, 0) is 24.8 Å². The molecule has 2 aromatic rings. The van der Waals surface area contributed by atoms with E-state index < -0.39 is 0 Å². The van der Waals surface area contributed by atoms with Crippen LogP contribution >= 0.6 is 11.6 Å². The summed E-state index contributed by atoms with van der Waals surface area (Å²) in [7, 11) is 3.47. The highest BCUT2D eigenvalue weighted by molar-refractivity contribution is 6.17. The lowest BCUT2D eigenvalue weighted by molar-refractivity contribution is -0.121. The van der Waals surface area contributed by atoms with Crippen LogP contribution < -0.4 is 5.32 Å². The fourth-order valence-corrected chi connectivity index (χ4v) is 2.21. The van der Waals surface area contributed by atoms with Gasteiger partial charge in [0.15, 0.2) is 5.65 Å². The van der Waals surface area contributed by atoms with Crippen LogP contribution in [0.4, 0.5) is 0 Å². The van der Waals surface area contributed by atoms with E-state index in [-0.39, 0.29) is 12.5 Å². The van der Waals surface area contributed by atoms with Crippen LogP contribution in [0.2, 0.25) is 0 Å². The molecule has 2 heterocycles. The quantitative estimate of drug-likeness (QED) is 0.827. The number of rotatable bonds is 4. The zero-order chi connectivity index (χ0) is 13.3. The molecule has 2 rings (SSSR count). The van der Waals surface area contributed by atoms with Crippen molar-refractivity contribution in [2.75, 3.05) is 12.9 Å². The monoisotopic (exact) mass is 269 g/mol. The van der Waals surface area contributed by atoms with Crippen molar-refractivity contribution in [2.45, 2.75) is 19.9 Å². The molecule has 0 saturated heterocycles. The minimum atomic E-state index is -0.0658. The number of nitrogens with one attached hydrogen (secondary N) is 1. The second-order valence-corrected chi connectivity index (χ2v) is 4.49. The Morgan fingerprint density at radius 2 is 2.22 bits per heavy atom. The second-order valence-electron chi connectivity index (χ2n) is 4.11. The first-order valence-electron chi connectivity index (χ1n) is 5.73. The van der Waals surface area contributed by atoms with Crippen LogP contribution in [0.15, 0.2) is 0 Å². The standard InChI is InChI=1S/C11H16ClN5O/c1-7-10-11(16(3)15-7)17(6-9(18)13-2)8(14-10)4-5-12/h4-6H2,1-3H3,(H,13,18). The van der Waals surface area contributed by atoms with Crippen LogP contribution in [0, 0.1) is 6.92 Å². The van der Waals surface area contributed by atoms with Gasteiger partial charge >= 0.3 is 0 Å². The van der Waals surface area contributed by atoms with Crippen molar-refractivity contribution in [1.29, 1.82) is 0 Å². The van der Waals surface area contributed by atoms with Crippen molar-refractivity contribution >= 4 is 28.7 Å². The van der Waals surface area contributed by atoms with Gasteiger partial charge in [0, 0.05) is 26.4 Å². The number of fused-ring (bicyclic) bond motifs is 1. The summed E-state index contributed by atoms with van der Waals surface area (Å²) < 4.78 is 3.62. The average molecular weight is 270 g/mol. The number of hydrogen-bond acceptors (Lipinski definition) is 3. The Morgan fingerprint density at radius 1 is 1.50 bits per heavy atom. The van der Waals surface area contributed by atoms with E-state index in [0.717, 1.165) is 22.7 Å². The number of aromatic nitrogens is 4. The van der Waals surface area contributed by atoms with Gasteiger partial charge in [0.05, 0.1) is 5.69 Å². The van der Waals surface area contributed by atoms with E-state index in [0.29, 0.717) is 12.3 Å². The molecule has 1 amide bonds. The van der Waals surface area contributed by atoms with Crippen LogP contribution in [-0.4, -0.2) is 38.2 Å². The highest BCUT2D eigenvalue weighted by atomic mass is 35.5. The smallest absolute Gasteiger partial charge is 0.239 e. The Balaban J connectivity index is 2.57. The molecular weight excluding hydrogens is 254 g/mol. The van der Waals surface area contributed by atoms with Crippen molar-refractivity contribution < 1.29 is 4.79 Å². The zero-order valence-corrected chi connectivity index (χ0v) is 11.5. The average Bonchev–Trinajstić information content (AvgIpc) is 2.81. The summed E-state index contributed by atoms with van der Waals surface area (Å²) in [5.41, 5.74) is 2.55. The molecule has 18 heavy (non-hydrogen) atoms. The summed E-state index contributed by atoms with van der Waals surface area (Å²) in [6.07, 6.45) is 0.632. The van der Waals surface area contributed by atoms with Gasteiger partial charge in [-0.2, -0.15) is 5.10 Å². The lowest BCUT2D eigenvalue weighted by Gasteiger charge is -2.07. The molecule has 0 aromatic carbocycles. The van der Waals surface area contributed by atoms with E-state index in [2.05, 4.69) is 15.4 Å². The van der Waals surface area contributed by atoms with E-state index in [4.69, 9.17) is 11.6 Å². The maximum atomic E-state index is 11.6. The number of alkyl halides is 1. The predicted molar refractivity (Wildman–Crippen MR) is 69.7 cm³/mol. The molecule has 0 unspecified atom stereocenters. The molecule has 7 heteroatoms. The summed E-state index contributed by atoms with van der Waals surface area (Å²) in [5, 5.41) is 6.93. The Labute approximate surface area is 110 Å². The van der Waals surface area contributed by atoms with Crippen molar-refractivity contribution in [1.82, 2.24) is 24.6 Å². The topological polar surface area (TPSA) is 64.7 Å². The first-order valence-corrected chi connectivity index (χ1v) is 6.27. The molecule has 98 valence electrons. The van der Waals surface area contributed by atoms with Crippen LogP contribution in [0.3, 0.4) is 0 Å². The van der Waals surface area contributed by atoms with Crippen molar-refractivity contribution in [3.8, 4) is 0 Å². The fourth-order valence-electron chi connectivity index (χ4n) is 2.04. The van der Waals surface area contributed by atoms with Crippen LogP contribution in [0.1, 0.15) is 11.5 Å². The lowest BCUT2D eigenvalue weighted by atomic mass is 10.4. The van der Waals surface area contributed by atoms with Crippen molar-refractivity contribution in [3.63, 3.8) is 0 Å². The largest absolute Gasteiger partial charge is 0.358 e. The number of likely N-dealkylation sites (N-methyl/N-ethyl adjacent to an activating group) is 1. The number of carbonyl (C=O) groups is 1. The molecule has 0 aliphatic heterocycles. The minimum absolute atomic E-state index is 0.0658. The number of halogens is 1. The molecule has 0 fully saturated rings. The SMILES string of the molecule is CNC(=O)Cn1c(CCCl)nc2c(C)nn(C)c21. The third kappa shape index (κ3) is 2.08. The van der Waals surface area contributed by atoms with Crippen molar-refractivity contribution in [3.05, 3.63) is 11.5 Å². The normalized spacial score (nSPS) is 11.1. The number of amides is 1. The summed E-state index contributed by atoms with van der Waals surface area (Å²) in [4.78, 5) is 16.1. The maximum absolute atomic E-state index is 11.6. The number of nitrogens with zero attached hydrogens (tertiary/aromatic N) is 4. The highest BCUT2D eigenvalue weighted by Crippen LogP contribution is 2.19. The molecule has 0 radical (unpaired) electrons. The molecule has 0 bridgehead atoms. The van der Waals surface area contributed by atoms with Gasteiger partial charge in [-0.15, -0.1) is 11.6 Å². The van der Waals surface area contributed by atoms with Gasteiger partial charge in [-0.25, -0.2) is 4.98 Å². The predicted octanol–water partition coefficient (Wildman–Crippen LogP) is 0.606. The van der Waals surface area contributed by atoms with E-state index >= 15 is 0 Å². The zero-order valence-electron chi connectivity index (χ0n) is 10.7. The van der Waals surface area contributed by atoms with E-state index in [1.165, 1.54) is 0 Å². The molecular formula is C11H16ClN5O. The van der Waals surface area contributed by atoms with E-state index in [1.54, 1.807) is 11.7 Å². The Bertz CT molecular complexity index is 586. The first kappa shape index (κ1) is 12.9. The highest BCUT2D eigenvalue weighted by Gasteiger charge is 2.18. The summed E-state index contributed by atoms with van der Waals surface area (Å²) >= 11 is 5.78. The lowest BCUT2D eigenvalue weighted by Crippen LogP contribution is -2.25. The van der Waals surface area contributed by atoms with Gasteiger partial charge in [0.1, 0.15) is 17.9 Å². The molecule has 0 aliphatic rings. The number of imidazole rings is 1. The van der Waals surface area contributed by atoms with E-state index in [9.17, 15) is 4.79 Å². The van der Waals surface area contributed by atoms with Gasteiger partial charge < -0.3 is 9.88 Å². The molecule has 0 aliphatic carbocycles. The second kappa shape index (κ2) is 4.97. The molecule has 6 nitrogen and oxygen atoms in total. The molecule has 0 saturated carbocycles. The Morgan fingerprint density at radius 3 is 2.83 bits per heavy atom. The van der Waals surface area contributed by atoms with Gasteiger partial charge in [-0.3, -0.25) is 9.48 Å².